The molecule has 0 saturated carbocycles. The van der Waals surface area contributed by atoms with E-state index in [0.29, 0.717) is 32.8 Å². The number of amides is 1. The number of anilines is 1. The highest BCUT2D eigenvalue weighted by Crippen LogP contribution is 2.38. The summed E-state index contributed by atoms with van der Waals surface area (Å²) in [6.45, 7) is 0. The molecule has 3 nitrogen and oxygen atoms in total. The van der Waals surface area contributed by atoms with Crippen LogP contribution in [0.5, 0.6) is 0 Å². The van der Waals surface area contributed by atoms with E-state index in [9.17, 15) is 18.0 Å². The Bertz CT molecular complexity index is 1260. The normalized spacial score (nSPS) is 11.5. The van der Waals surface area contributed by atoms with E-state index in [2.05, 4.69) is 10.3 Å². The number of hydrogen-bond acceptors (Lipinski definition) is 2. The van der Waals surface area contributed by atoms with Gasteiger partial charge in [0.05, 0.1) is 28.2 Å². The Labute approximate surface area is 181 Å². The molecule has 7 heteroatoms. The SMILES string of the molecule is O=C(Cc1cnc2c(C(F)(F)F)cccc2c1-c1ccccc1)Nc1ccccc1Cl. The van der Waals surface area contributed by atoms with Crippen molar-refractivity contribution in [1.82, 2.24) is 4.98 Å². The standard InChI is InChI=1S/C24H16ClF3N2O/c25-19-11-4-5-12-20(19)30-21(31)13-16-14-29-23-17(9-6-10-18(23)24(26,27)28)22(16)15-7-2-1-3-8-15/h1-12,14H,13H2,(H,30,31). The molecule has 0 aliphatic carbocycles. The Morgan fingerprint density at radius 1 is 0.935 bits per heavy atom. The maximum absolute atomic E-state index is 13.5. The van der Waals surface area contributed by atoms with Gasteiger partial charge in [-0.2, -0.15) is 13.2 Å². The summed E-state index contributed by atoms with van der Waals surface area (Å²) in [5.41, 5.74) is 1.27. The number of para-hydroxylation sites is 2. The number of fused-ring (bicyclic) bond motifs is 1. The van der Waals surface area contributed by atoms with Gasteiger partial charge in [0.2, 0.25) is 5.91 Å². The largest absolute Gasteiger partial charge is 0.418 e. The zero-order valence-corrected chi connectivity index (χ0v) is 16.8. The molecule has 4 aromatic rings. The zero-order valence-electron chi connectivity index (χ0n) is 16.1. The van der Waals surface area contributed by atoms with Crippen LogP contribution in [-0.2, 0) is 17.4 Å². The number of rotatable bonds is 4. The lowest BCUT2D eigenvalue weighted by molar-refractivity contribution is -0.136. The lowest BCUT2D eigenvalue weighted by Gasteiger charge is -2.16. The molecule has 4 rings (SSSR count). The van der Waals surface area contributed by atoms with Gasteiger partial charge in [-0.3, -0.25) is 9.78 Å². The first-order valence-electron chi connectivity index (χ1n) is 9.42. The van der Waals surface area contributed by atoms with Crippen molar-refractivity contribution in [3.05, 3.63) is 95.1 Å². The Hall–Kier alpha value is -3.38. The van der Waals surface area contributed by atoms with Crippen molar-refractivity contribution in [3.63, 3.8) is 0 Å². The van der Waals surface area contributed by atoms with Crippen LogP contribution in [0.4, 0.5) is 18.9 Å². The minimum atomic E-state index is -4.54. The van der Waals surface area contributed by atoms with Crippen molar-refractivity contribution in [3.8, 4) is 11.1 Å². The molecule has 1 amide bonds. The molecule has 1 aromatic heterocycles. The quantitative estimate of drug-likeness (QED) is 0.381. The maximum atomic E-state index is 13.5. The highest BCUT2D eigenvalue weighted by molar-refractivity contribution is 6.33. The number of alkyl halides is 3. The van der Waals surface area contributed by atoms with Gasteiger partial charge in [-0.15, -0.1) is 0 Å². The predicted molar refractivity (Wildman–Crippen MR) is 116 cm³/mol. The van der Waals surface area contributed by atoms with Gasteiger partial charge < -0.3 is 5.32 Å². The predicted octanol–water partition coefficient (Wildman–Crippen LogP) is 6.76. The van der Waals surface area contributed by atoms with E-state index < -0.39 is 11.7 Å². The number of carbonyl (C=O) groups excluding carboxylic acids is 1. The van der Waals surface area contributed by atoms with Gasteiger partial charge in [-0.05, 0) is 34.9 Å². The van der Waals surface area contributed by atoms with Crippen LogP contribution < -0.4 is 5.32 Å². The first-order chi connectivity index (χ1) is 14.8. The fourth-order valence-electron chi connectivity index (χ4n) is 3.50. The third-order valence-corrected chi connectivity index (χ3v) is 5.17. The molecule has 0 spiro atoms. The molecule has 0 aliphatic heterocycles. The van der Waals surface area contributed by atoms with Crippen LogP contribution in [0.1, 0.15) is 11.1 Å². The fourth-order valence-corrected chi connectivity index (χ4v) is 3.69. The summed E-state index contributed by atoms with van der Waals surface area (Å²) in [6, 6.07) is 19.8. The molecule has 1 heterocycles. The van der Waals surface area contributed by atoms with Crippen molar-refractivity contribution < 1.29 is 18.0 Å². The van der Waals surface area contributed by atoms with Gasteiger partial charge in [0.25, 0.3) is 0 Å². The molecular formula is C24H16ClF3N2O. The summed E-state index contributed by atoms with van der Waals surface area (Å²) in [7, 11) is 0. The molecule has 0 bridgehead atoms. The molecule has 0 atom stereocenters. The van der Waals surface area contributed by atoms with Crippen LogP contribution in [-0.4, -0.2) is 10.9 Å². The number of nitrogens with one attached hydrogen (secondary N) is 1. The lowest BCUT2D eigenvalue weighted by Crippen LogP contribution is -2.16. The highest BCUT2D eigenvalue weighted by Gasteiger charge is 2.33. The van der Waals surface area contributed by atoms with E-state index in [1.807, 2.05) is 6.07 Å². The van der Waals surface area contributed by atoms with E-state index in [0.717, 1.165) is 6.07 Å². The van der Waals surface area contributed by atoms with Gasteiger partial charge in [-0.1, -0.05) is 66.2 Å². The van der Waals surface area contributed by atoms with Crippen LogP contribution in [0, 0.1) is 0 Å². The first-order valence-corrected chi connectivity index (χ1v) is 9.80. The van der Waals surface area contributed by atoms with Gasteiger partial charge in [0.1, 0.15) is 0 Å². The van der Waals surface area contributed by atoms with Crippen molar-refractivity contribution in [2.45, 2.75) is 12.6 Å². The summed E-state index contributed by atoms with van der Waals surface area (Å²) in [5.74, 6) is -0.349. The van der Waals surface area contributed by atoms with Crippen LogP contribution in [0.15, 0.2) is 79.0 Å². The number of aromatic nitrogens is 1. The summed E-state index contributed by atoms with van der Waals surface area (Å²) >= 11 is 6.10. The molecule has 0 unspecified atom stereocenters. The molecule has 0 saturated heterocycles. The molecular weight excluding hydrogens is 425 g/mol. The Kier molecular flexibility index (Phi) is 5.65. The van der Waals surface area contributed by atoms with Gasteiger partial charge in [0.15, 0.2) is 0 Å². The number of halogens is 4. The molecule has 0 aliphatic rings. The molecule has 156 valence electrons. The van der Waals surface area contributed by atoms with Crippen LogP contribution >= 0.6 is 11.6 Å². The van der Waals surface area contributed by atoms with E-state index >= 15 is 0 Å². The lowest BCUT2D eigenvalue weighted by atomic mass is 9.93. The molecule has 0 radical (unpaired) electrons. The highest BCUT2D eigenvalue weighted by atomic mass is 35.5. The zero-order chi connectivity index (χ0) is 22.0. The second-order valence-electron chi connectivity index (χ2n) is 6.93. The molecule has 1 N–H and O–H groups in total. The number of carbonyl (C=O) groups is 1. The summed E-state index contributed by atoms with van der Waals surface area (Å²) in [6.07, 6.45) is -3.27. The van der Waals surface area contributed by atoms with Crippen molar-refractivity contribution in [2.75, 3.05) is 5.32 Å². The second kappa shape index (κ2) is 8.40. The Morgan fingerprint density at radius 2 is 1.65 bits per heavy atom. The van der Waals surface area contributed by atoms with E-state index in [1.165, 1.54) is 12.3 Å². The fraction of sp³-hybridized carbons (Fsp3) is 0.0833. The third-order valence-electron chi connectivity index (χ3n) is 4.84. The van der Waals surface area contributed by atoms with Crippen LogP contribution in [0.3, 0.4) is 0 Å². The van der Waals surface area contributed by atoms with Crippen molar-refractivity contribution >= 4 is 34.1 Å². The van der Waals surface area contributed by atoms with E-state index in [-0.39, 0.29) is 17.8 Å². The average molecular weight is 441 g/mol. The van der Waals surface area contributed by atoms with Crippen LogP contribution in [0.2, 0.25) is 5.02 Å². The van der Waals surface area contributed by atoms with Crippen LogP contribution in [0.25, 0.3) is 22.0 Å². The van der Waals surface area contributed by atoms with Gasteiger partial charge in [-0.25, -0.2) is 0 Å². The van der Waals surface area contributed by atoms with Crippen molar-refractivity contribution in [2.24, 2.45) is 0 Å². The third kappa shape index (κ3) is 4.39. The summed E-state index contributed by atoms with van der Waals surface area (Å²) < 4.78 is 40.6. The van der Waals surface area contributed by atoms with Gasteiger partial charge >= 0.3 is 6.18 Å². The second-order valence-corrected chi connectivity index (χ2v) is 7.34. The topological polar surface area (TPSA) is 42.0 Å². The Morgan fingerprint density at radius 3 is 2.35 bits per heavy atom. The van der Waals surface area contributed by atoms with Gasteiger partial charge in [0, 0.05) is 11.6 Å². The minimum Gasteiger partial charge on any atom is -0.324 e. The smallest absolute Gasteiger partial charge is 0.324 e. The number of benzene rings is 3. The monoisotopic (exact) mass is 440 g/mol. The first kappa shape index (κ1) is 20.9. The average Bonchev–Trinajstić information content (AvgIpc) is 2.74. The summed E-state index contributed by atoms with van der Waals surface area (Å²) in [4.78, 5) is 16.8. The molecule has 3 aromatic carbocycles. The maximum Gasteiger partial charge on any atom is 0.418 e. The number of pyridine rings is 1. The van der Waals surface area contributed by atoms with E-state index in [1.54, 1.807) is 54.6 Å². The summed E-state index contributed by atoms with van der Waals surface area (Å²) in [5, 5.41) is 3.47. The number of hydrogen-bond donors (Lipinski definition) is 1. The minimum absolute atomic E-state index is 0.0748. The molecule has 31 heavy (non-hydrogen) atoms. The number of nitrogens with zero attached hydrogens (tertiary/aromatic N) is 1. The van der Waals surface area contributed by atoms with E-state index in [4.69, 9.17) is 11.6 Å². The van der Waals surface area contributed by atoms with Crippen molar-refractivity contribution in [1.29, 1.82) is 0 Å². The Balaban J connectivity index is 1.82. The molecule has 0 fully saturated rings.